The van der Waals surface area contributed by atoms with Gasteiger partial charge in [0, 0.05) is 50.7 Å². The predicted octanol–water partition coefficient (Wildman–Crippen LogP) is 8.66. The lowest BCUT2D eigenvalue weighted by molar-refractivity contribution is -0.148. The van der Waals surface area contributed by atoms with Gasteiger partial charge in [0.2, 0.25) is 23.1 Å². The maximum Gasteiger partial charge on any atom is 0.431 e. The molecule has 5 aromatic rings. The number of aryl methyl sites for hydroxylation is 3. The van der Waals surface area contributed by atoms with E-state index in [1.807, 2.05) is 78.8 Å². The van der Waals surface area contributed by atoms with E-state index in [9.17, 15) is 41.7 Å². The van der Waals surface area contributed by atoms with Gasteiger partial charge >= 0.3 is 23.8 Å². The fraction of sp³-hybridized carbons (Fsp3) is 0.481. The van der Waals surface area contributed by atoms with E-state index >= 15 is 0 Å². The van der Waals surface area contributed by atoms with E-state index in [2.05, 4.69) is 38.6 Å². The molecule has 3 aromatic carbocycles. The van der Waals surface area contributed by atoms with Crippen LogP contribution in [0, 0.1) is 6.92 Å². The van der Waals surface area contributed by atoms with E-state index in [-0.39, 0.29) is 53.5 Å². The normalized spacial score (nSPS) is 12.9. The molecule has 0 aliphatic rings. The number of nitrogens with zero attached hydrogens (tertiary/aromatic N) is 6. The Hall–Kier alpha value is -6.56. The van der Waals surface area contributed by atoms with Crippen LogP contribution in [0.4, 0.5) is 30.8 Å². The molecule has 448 valence electrons. The quantitative estimate of drug-likeness (QED) is 0.0261. The first-order valence-corrected chi connectivity index (χ1v) is 28.6. The number of hydrogen-bond acceptors (Lipinski definition) is 16. The molecule has 0 aliphatic heterocycles. The zero-order valence-corrected chi connectivity index (χ0v) is 50.2. The molecule has 6 N–H and O–H groups in total. The molecule has 4 atom stereocenters. The highest BCUT2D eigenvalue weighted by molar-refractivity contribution is 7.57. The number of carboxylic acids is 1. The first kappa shape index (κ1) is 70.5. The van der Waals surface area contributed by atoms with Gasteiger partial charge in [-0.2, -0.15) is 28.1 Å². The van der Waals surface area contributed by atoms with Crippen LogP contribution in [0.3, 0.4) is 0 Å². The molecule has 0 aliphatic carbocycles. The number of aromatic nitrogens is 5. The fourth-order valence-corrected chi connectivity index (χ4v) is 8.29. The average molecular weight is 1200 g/mol. The van der Waals surface area contributed by atoms with Gasteiger partial charge in [-0.1, -0.05) is 44.2 Å². The average Bonchev–Trinajstić information content (AvgIpc) is 3.54. The fourth-order valence-electron chi connectivity index (χ4n) is 7.24. The number of nitrogens with two attached hydrogens (primary N) is 1. The first-order valence-electron chi connectivity index (χ1n) is 25.4. The van der Waals surface area contributed by atoms with Crippen molar-refractivity contribution in [1.82, 2.24) is 24.1 Å². The summed E-state index contributed by atoms with van der Waals surface area (Å²) in [6, 6.07) is 16.7. The number of carbonyl (C=O) groups is 3. The topological polar surface area (TPSA) is 282 Å². The molecule has 0 spiro atoms. The molecular formula is C54H75Cl2F3N9O12P. The standard InChI is InChI=1S/C25H25F3N2O6.C15H22ClNO2.C9H16ClN5.C5H12NO4P/c1-5-16-6-7-17(20(12-16)36-15(2)23(32)34-4)14-35-19-10-8-18(9-11-19)30-22(31)13-21(25(26,27)28)29(3)24(30)33;1-5-13-8-6-7-11(2)15(13)17(14(18)9-16)12(3)10-19-4;1-5-11-7-12-6(10)13-8(14-7)15-9(2,3)4;1-11(9,10)3-2-4(6)5(7)8/h6-13,15H,5,14H2,1-4H3;6-8,12H,5,9-10H2,1-4H3;5H2,1-4H3,(H2,11,12,13,14,15);4H,2-3,6H2,1H3,(H,7,8)(H,9,10). The van der Waals surface area contributed by atoms with Gasteiger partial charge in [0.05, 0.1) is 31.1 Å². The molecule has 0 saturated carbocycles. The van der Waals surface area contributed by atoms with Crippen molar-refractivity contribution in [3.63, 3.8) is 0 Å². The third kappa shape index (κ3) is 23.4. The minimum Gasteiger partial charge on any atom is -0.489 e. The summed E-state index contributed by atoms with van der Waals surface area (Å²) >= 11 is 11.5. The second kappa shape index (κ2) is 32.8. The van der Waals surface area contributed by atoms with Crippen LogP contribution in [-0.2, 0) is 61.1 Å². The smallest absolute Gasteiger partial charge is 0.431 e. The van der Waals surface area contributed by atoms with Crippen molar-refractivity contribution < 1.29 is 61.1 Å². The zero-order valence-electron chi connectivity index (χ0n) is 47.8. The number of methoxy groups -OCH3 is 2. The van der Waals surface area contributed by atoms with E-state index < -0.39 is 54.6 Å². The number of benzene rings is 3. The molecule has 2 heterocycles. The number of aliphatic carboxylic acids is 1. The van der Waals surface area contributed by atoms with Gasteiger partial charge in [0.25, 0.3) is 5.56 Å². The molecule has 4 unspecified atom stereocenters. The zero-order chi connectivity index (χ0) is 61.6. The molecule has 2 aromatic heterocycles. The summed E-state index contributed by atoms with van der Waals surface area (Å²) in [5.41, 5.74) is 6.40. The maximum absolute atomic E-state index is 13.1. The summed E-state index contributed by atoms with van der Waals surface area (Å²) < 4.78 is 72.3. The Morgan fingerprint density at radius 2 is 1.56 bits per heavy atom. The lowest BCUT2D eigenvalue weighted by Gasteiger charge is -2.31. The molecule has 0 bridgehead atoms. The lowest BCUT2D eigenvalue weighted by Crippen LogP contribution is -2.43. The molecule has 0 saturated heterocycles. The number of amides is 1. The third-order valence-electron chi connectivity index (χ3n) is 11.3. The van der Waals surface area contributed by atoms with Crippen LogP contribution in [0.1, 0.15) is 89.8 Å². The van der Waals surface area contributed by atoms with Crippen molar-refractivity contribution in [3.05, 3.63) is 121 Å². The first-order chi connectivity index (χ1) is 37.7. The van der Waals surface area contributed by atoms with Crippen molar-refractivity contribution in [1.29, 1.82) is 0 Å². The number of ether oxygens (including phenoxy) is 4. The molecule has 5 rings (SSSR count). The molecule has 0 fully saturated rings. The van der Waals surface area contributed by atoms with E-state index in [0.717, 1.165) is 48.8 Å². The van der Waals surface area contributed by atoms with Gasteiger partial charge in [-0.25, -0.2) is 14.2 Å². The second-order valence-corrected chi connectivity index (χ2v) is 22.4. The van der Waals surface area contributed by atoms with Crippen molar-refractivity contribution in [3.8, 4) is 17.2 Å². The van der Waals surface area contributed by atoms with Crippen LogP contribution < -0.4 is 42.0 Å². The van der Waals surface area contributed by atoms with Crippen LogP contribution in [-0.4, -0.2) is 122 Å². The predicted molar refractivity (Wildman–Crippen MR) is 308 cm³/mol. The van der Waals surface area contributed by atoms with Crippen molar-refractivity contribution in [2.75, 3.05) is 61.6 Å². The summed E-state index contributed by atoms with van der Waals surface area (Å²) in [6.07, 6.45) is -4.03. The Morgan fingerprint density at radius 3 is 2.07 bits per heavy atom. The molecule has 0 radical (unpaired) electrons. The SMILES string of the molecule is CCNc1nc(Cl)nc(NC(C)(C)C)n1.CCc1ccc(COc2ccc(-n3c(=O)cc(C(F)(F)F)n(C)c3=O)cc2)c(OC(C)C(=O)OC)c1.CCc1cccc(C)c1N(C(=O)CCl)C(C)COC.CP(=O)(O)CCC(N)C(=O)O. The summed E-state index contributed by atoms with van der Waals surface area (Å²) in [7, 11) is 0.753. The third-order valence-corrected chi connectivity index (χ3v) is 12.7. The van der Waals surface area contributed by atoms with Crippen LogP contribution in [0.5, 0.6) is 11.5 Å². The van der Waals surface area contributed by atoms with Gasteiger partial charge in [0.15, 0.2) is 13.5 Å². The Labute approximate surface area is 479 Å². The van der Waals surface area contributed by atoms with Crippen LogP contribution in [0.15, 0.2) is 76.3 Å². The summed E-state index contributed by atoms with van der Waals surface area (Å²) in [6.45, 7) is 20.2. The molecule has 81 heavy (non-hydrogen) atoms. The highest BCUT2D eigenvalue weighted by atomic mass is 35.5. The number of alkyl halides is 4. The highest BCUT2D eigenvalue weighted by Gasteiger charge is 2.35. The molecule has 27 heteroatoms. The van der Waals surface area contributed by atoms with Crippen LogP contribution >= 0.6 is 30.6 Å². The minimum atomic E-state index is -4.84. The number of nitrogens with one attached hydrogen (secondary N) is 2. The summed E-state index contributed by atoms with van der Waals surface area (Å²) in [5, 5.41) is 14.6. The van der Waals surface area contributed by atoms with Gasteiger partial charge in [-0.3, -0.25) is 23.5 Å². The Bertz CT molecular complexity index is 3030. The number of rotatable bonds is 21. The van der Waals surface area contributed by atoms with Crippen molar-refractivity contribution in [2.24, 2.45) is 12.8 Å². The monoisotopic (exact) mass is 1200 g/mol. The summed E-state index contributed by atoms with van der Waals surface area (Å²) in [5.74, 6) is 0.0389. The number of carbonyl (C=O) groups excluding carboxylic acids is 2. The Balaban J connectivity index is 0.000000416. The molecule has 21 nitrogen and oxygen atoms in total. The van der Waals surface area contributed by atoms with E-state index in [4.69, 9.17) is 57.9 Å². The largest absolute Gasteiger partial charge is 0.489 e. The number of carboxylic acid groups (broad SMARTS) is 1. The number of hydrogen-bond donors (Lipinski definition) is 5. The number of esters is 1. The lowest BCUT2D eigenvalue weighted by atomic mass is 10.0. The molecule has 1 amide bonds. The molecular weight excluding hydrogens is 1130 g/mol. The maximum atomic E-state index is 13.1. The van der Waals surface area contributed by atoms with Gasteiger partial charge in [0.1, 0.15) is 35.7 Å². The van der Waals surface area contributed by atoms with Crippen molar-refractivity contribution in [2.45, 2.75) is 118 Å². The van der Waals surface area contributed by atoms with Crippen LogP contribution in [0.2, 0.25) is 5.28 Å². The van der Waals surface area contributed by atoms with Crippen LogP contribution in [0.25, 0.3) is 5.69 Å². The van der Waals surface area contributed by atoms with E-state index in [1.54, 1.807) is 18.9 Å². The van der Waals surface area contributed by atoms with Gasteiger partial charge in [-0.15, -0.1) is 11.6 Å². The van der Waals surface area contributed by atoms with E-state index in [0.29, 0.717) is 50.8 Å². The number of anilines is 3. The van der Waals surface area contributed by atoms with Gasteiger partial charge < -0.3 is 50.2 Å². The summed E-state index contributed by atoms with van der Waals surface area (Å²) in [4.78, 5) is 81.4. The van der Waals surface area contributed by atoms with Gasteiger partial charge in [-0.05, 0) is 126 Å². The van der Waals surface area contributed by atoms with E-state index in [1.165, 1.54) is 38.0 Å². The van der Waals surface area contributed by atoms with Crippen molar-refractivity contribution >= 4 is 66.0 Å². The number of halogens is 5. The second-order valence-electron chi connectivity index (χ2n) is 19.2. The Kier molecular flexibility index (Phi) is 28.5. The number of para-hydroxylation sites is 1. The Morgan fingerprint density at radius 1 is 0.926 bits per heavy atom. The minimum absolute atomic E-state index is 0.0223. The highest BCUT2D eigenvalue weighted by Crippen LogP contribution is 2.36.